The van der Waals surface area contributed by atoms with E-state index in [1.807, 2.05) is 24.3 Å². The Hall–Kier alpha value is -1.75. The van der Waals surface area contributed by atoms with Gasteiger partial charge in [0.25, 0.3) is 0 Å². The van der Waals surface area contributed by atoms with E-state index in [0.717, 1.165) is 24.0 Å². The maximum absolute atomic E-state index is 11.6. The topological polar surface area (TPSA) is 26.3 Å². The molecule has 2 nitrogen and oxygen atoms in total. The minimum absolute atomic E-state index is 0.156. The highest BCUT2D eigenvalue weighted by Gasteiger charge is 2.52. The molecule has 0 N–H and O–H groups in total. The van der Waals surface area contributed by atoms with Crippen molar-refractivity contribution in [2.75, 3.05) is 7.11 Å². The summed E-state index contributed by atoms with van der Waals surface area (Å²) in [5.74, 6) is 2.42. The van der Waals surface area contributed by atoms with Gasteiger partial charge in [0, 0.05) is 5.56 Å². The first-order valence-electron chi connectivity index (χ1n) is 4.88. The largest absolute Gasteiger partial charge is 0.468 e. The molecule has 0 atom stereocenters. The zero-order chi connectivity index (χ0) is 10.9. The molecule has 0 amide bonds. The molecule has 15 heavy (non-hydrogen) atoms. The van der Waals surface area contributed by atoms with Gasteiger partial charge < -0.3 is 4.74 Å². The zero-order valence-electron chi connectivity index (χ0n) is 8.62. The lowest BCUT2D eigenvalue weighted by Gasteiger charge is -2.12. The summed E-state index contributed by atoms with van der Waals surface area (Å²) >= 11 is 0. The quantitative estimate of drug-likeness (QED) is 0.538. The number of ether oxygens (including phenoxy) is 1. The summed E-state index contributed by atoms with van der Waals surface area (Å²) in [5, 5.41) is 0. The second-order valence-electron chi connectivity index (χ2n) is 3.80. The Bertz CT molecular complexity index is 436. The monoisotopic (exact) mass is 200 g/mol. The lowest BCUT2D eigenvalue weighted by Crippen LogP contribution is -2.21. The van der Waals surface area contributed by atoms with Crippen molar-refractivity contribution in [3.63, 3.8) is 0 Å². The summed E-state index contributed by atoms with van der Waals surface area (Å²) in [6.45, 7) is 0. The molecule has 2 heteroatoms. The average Bonchev–Trinajstić information content (AvgIpc) is 3.09. The molecule has 0 spiro atoms. The van der Waals surface area contributed by atoms with Gasteiger partial charge >= 0.3 is 5.97 Å². The molecular formula is C13H12O2. The number of carbonyl (C=O) groups excluding carboxylic acids is 1. The molecule has 0 unspecified atom stereocenters. The molecule has 1 aliphatic carbocycles. The number of carbonyl (C=O) groups is 1. The number of hydrogen-bond acceptors (Lipinski definition) is 2. The minimum atomic E-state index is -0.415. The van der Waals surface area contributed by atoms with Crippen LogP contribution >= 0.6 is 0 Å². The van der Waals surface area contributed by atoms with Gasteiger partial charge in [0.1, 0.15) is 0 Å². The van der Waals surface area contributed by atoms with Crippen LogP contribution in [0.15, 0.2) is 24.3 Å². The first-order valence-corrected chi connectivity index (χ1v) is 4.88. The first kappa shape index (κ1) is 9.79. The first-order chi connectivity index (χ1) is 7.23. The lowest BCUT2D eigenvalue weighted by molar-refractivity contribution is -0.143. The van der Waals surface area contributed by atoms with Crippen molar-refractivity contribution in [2.45, 2.75) is 18.3 Å². The van der Waals surface area contributed by atoms with Crippen molar-refractivity contribution >= 4 is 5.97 Å². The smallest absolute Gasteiger partial charge is 0.316 e. The maximum Gasteiger partial charge on any atom is 0.316 e. The lowest BCUT2D eigenvalue weighted by atomic mass is 9.94. The van der Waals surface area contributed by atoms with E-state index in [1.54, 1.807) is 0 Å². The van der Waals surface area contributed by atoms with Crippen LogP contribution in [0.2, 0.25) is 0 Å². The Morgan fingerprint density at radius 1 is 1.53 bits per heavy atom. The molecule has 2 rings (SSSR count). The third kappa shape index (κ3) is 1.50. The fourth-order valence-electron chi connectivity index (χ4n) is 1.84. The third-order valence-electron chi connectivity index (χ3n) is 2.91. The van der Waals surface area contributed by atoms with Gasteiger partial charge in [0.2, 0.25) is 0 Å². The van der Waals surface area contributed by atoms with Crippen molar-refractivity contribution in [1.82, 2.24) is 0 Å². The highest BCUT2D eigenvalue weighted by Crippen LogP contribution is 2.49. The standard InChI is InChI=1S/C13H12O2/c1-3-10-5-4-6-11(9-10)13(7-8-13)12(14)15-2/h1,4-6,9H,7-8H2,2H3. The molecule has 1 saturated carbocycles. The number of rotatable bonds is 2. The van der Waals surface area contributed by atoms with Crippen LogP contribution in [0.25, 0.3) is 0 Å². The van der Waals surface area contributed by atoms with E-state index in [0.29, 0.717) is 0 Å². The van der Waals surface area contributed by atoms with Crippen molar-refractivity contribution in [2.24, 2.45) is 0 Å². The summed E-state index contributed by atoms with van der Waals surface area (Å²) in [6.07, 6.45) is 7.03. The summed E-state index contributed by atoms with van der Waals surface area (Å²) in [6, 6.07) is 7.57. The van der Waals surface area contributed by atoms with E-state index in [4.69, 9.17) is 11.2 Å². The molecule has 0 aliphatic heterocycles. The minimum Gasteiger partial charge on any atom is -0.468 e. The highest BCUT2D eigenvalue weighted by atomic mass is 16.5. The van der Waals surface area contributed by atoms with Crippen LogP contribution < -0.4 is 0 Å². The Labute approximate surface area is 89.3 Å². The van der Waals surface area contributed by atoms with E-state index >= 15 is 0 Å². The molecule has 0 bridgehead atoms. The zero-order valence-corrected chi connectivity index (χ0v) is 8.62. The van der Waals surface area contributed by atoms with Crippen molar-refractivity contribution in [1.29, 1.82) is 0 Å². The van der Waals surface area contributed by atoms with E-state index in [2.05, 4.69) is 5.92 Å². The predicted molar refractivity (Wildman–Crippen MR) is 57.3 cm³/mol. The average molecular weight is 200 g/mol. The van der Waals surface area contributed by atoms with Crippen molar-refractivity contribution in [3.05, 3.63) is 35.4 Å². The van der Waals surface area contributed by atoms with E-state index in [9.17, 15) is 4.79 Å². The van der Waals surface area contributed by atoms with E-state index in [-0.39, 0.29) is 5.97 Å². The van der Waals surface area contributed by atoms with Gasteiger partial charge in [-0.05, 0) is 30.5 Å². The fourth-order valence-corrected chi connectivity index (χ4v) is 1.84. The van der Waals surface area contributed by atoms with Gasteiger partial charge in [-0.2, -0.15) is 0 Å². The normalized spacial score (nSPS) is 16.5. The van der Waals surface area contributed by atoms with E-state index < -0.39 is 5.41 Å². The van der Waals surface area contributed by atoms with Crippen molar-refractivity contribution in [3.8, 4) is 12.3 Å². The Kier molecular flexibility index (Phi) is 2.24. The molecule has 0 heterocycles. The highest BCUT2D eigenvalue weighted by molar-refractivity contribution is 5.86. The summed E-state index contributed by atoms with van der Waals surface area (Å²) in [4.78, 5) is 11.6. The number of benzene rings is 1. The summed E-state index contributed by atoms with van der Waals surface area (Å²) in [5.41, 5.74) is 1.37. The van der Waals surface area contributed by atoms with E-state index in [1.165, 1.54) is 7.11 Å². The van der Waals surface area contributed by atoms with Crippen molar-refractivity contribution < 1.29 is 9.53 Å². The molecule has 0 aromatic heterocycles. The van der Waals surface area contributed by atoms with Crippen LogP contribution in [-0.4, -0.2) is 13.1 Å². The fraction of sp³-hybridized carbons (Fsp3) is 0.308. The van der Waals surface area contributed by atoms with Gasteiger partial charge in [-0.3, -0.25) is 4.79 Å². The number of hydrogen-bond donors (Lipinski definition) is 0. The molecule has 0 saturated heterocycles. The second-order valence-corrected chi connectivity index (χ2v) is 3.80. The van der Waals surface area contributed by atoms with Gasteiger partial charge in [-0.1, -0.05) is 18.1 Å². The second kappa shape index (κ2) is 3.43. The van der Waals surface area contributed by atoms with Crippen LogP contribution in [0, 0.1) is 12.3 Å². The third-order valence-corrected chi connectivity index (χ3v) is 2.91. The van der Waals surface area contributed by atoms with Gasteiger partial charge in [0.15, 0.2) is 0 Å². The maximum atomic E-state index is 11.6. The predicted octanol–water partition coefficient (Wildman–Crippen LogP) is 1.87. The SMILES string of the molecule is C#Cc1cccc(C2(C(=O)OC)CC2)c1. The number of esters is 1. The van der Waals surface area contributed by atoms with Gasteiger partial charge in [-0.25, -0.2) is 0 Å². The Balaban J connectivity index is 2.38. The van der Waals surface area contributed by atoms with Crippen LogP contribution in [-0.2, 0) is 14.9 Å². The number of terminal acetylenes is 1. The molecule has 1 aromatic carbocycles. The molecule has 76 valence electrons. The molecule has 1 aromatic rings. The molecule has 0 radical (unpaired) electrons. The van der Waals surface area contributed by atoms with Gasteiger partial charge in [0.05, 0.1) is 12.5 Å². The Morgan fingerprint density at radius 2 is 2.27 bits per heavy atom. The van der Waals surface area contributed by atoms with Crippen LogP contribution in [0.1, 0.15) is 24.0 Å². The van der Waals surface area contributed by atoms with Crippen LogP contribution in [0.5, 0.6) is 0 Å². The van der Waals surface area contributed by atoms with Crippen LogP contribution in [0.3, 0.4) is 0 Å². The molecule has 1 fully saturated rings. The van der Waals surface area contributed by atoms with Gasteiger partial charge in [-0.15, -0.1) is 6.42 Å². The summed E-state index contributed by atoms with van der Waals surface area (Å²) < 4.78 is 4.81. The Morgan fingerprint density at radius 3 is 2.80 bits per heavy atom. The van der Waals surface area contributed by atoms with Crippen LogP contribution in [0.4, 0.5) is 0 Å². The molecular weight excluding hydrogens is 188 g/mol. The summed E-state index contributed by atoms with van der Waals surface area (Å²) in [7, 11) is 1.42. The molecule has 1 aliphatic rings. The number of methoxy groups -OCH3 is 1.